The molecule has 0 spiro atoms. The molecule has 0 unspecified atom stereocenters. The second kappa shape index (κ2) is 7.99. The zero-order valence-electron chi connectivity index (χ0n) is 14.3. The van der Waals surface area contributed by atoms with Crippen molar-refractivity contribution < 1.29 is 23.0 Å². The molecule has 0 N–H and O–H groups in total. The minimum atomic E-state index is -3.04. The number of carbonyl (C=O) groups excluding carboxylic acids is 1. The molecule has 3 rings (SSSR count). The summed E-state index contributed by atoms with van der Waals surface area (Å²) < 4.78 is 35.1. The molecule has 0 saturated carbocycles. The van der Waals surface area contributed by atoms with E-state index in [0.29, 0.717) is 26.2 Å². The van der Waals surface area contributed by atoms with Crippen molar-refractivity contribution >= 4 is 11.7 Å². The molecule has 1 saturated heterocycles. The molecule has 2 aromatic rings. The number of hydrogen-bond donors (Lipinski definition) is 0. The smallest absolute Gasteiger partial charge is 0.387 e. The molecule has 1 aliphatic rings. The van der Waals surface area contributed by atoms with Crippen LogP contribution in [0.15, 0.2) is 42.6 Å². The number of nitrogens with zero attached hydrogens (tertiary/aromatic N) is 3. The number of alkyl halides is 2. The number of piperazine rings is 1. The van der Waals surface area contributed by atoms with E-state index in [4.69, 9.17) is 4.74 Å². The Kier molecular flexibility index (Phi) is 5.50. The van der Waals surface area contributed by atoms with Crippen LogP contribution in [0.5, 0.6) is 11.5 Å². The van der Waals surface area contributed by atoms with Crippen LogP contribution in [0.25, 0.3) is 0 Å². The van der Waals surface area contributed by atoms with E-state index in [-0.39, 0.29) is 23.0 Å². The van der Waals surface area contributed by atoms with Crippen LogP contribution >= 0.6 is 0 Å². The third kappa shape index (κ3) is 3.84. The van der Waals surface area contributed by atoms with Gasteiger partial charge in [-0.2, -0.15) is 8.78 Å². The van der Waals surface area contributed by atoms with Gasteiger partial charge in [0, 0.05) is 32.4 Å². The van der Waals surface area contributed by atoms with Crippen molar-refractivity contribution in [3.63, 3.8) is 0 Å². The normalized spacial score (nSPS) is 14.5. The third-order valence-electron chi connectivity index (χ3n) is 4.18. The average molecular weight is 363 g/mol. The maximum Gasteiger partial charge on any atom is 0.387 e. The highest BCUT2D eigenvalue weighted by molar-refractivity contribution is 5.98. The Hall–Kier alpha value is -2.90. The monoisotopic (exact) mass is 363 g/mol. The Bertz CT molecular complexity index is 751. The number of rotatable bonds is 5. The maximum absolute atomic E-state index is 12.8. The van der Waals surface area contributed by atoms with Gasteiger partial charge in [0.15, 0.2) is 11.5 Å². The van der Waals surface area contributed by atoms with E-state index in [2.05, 4.69) is 14.6 Å². The summed E-state index contributed by atoms with van der Waals surface area (Å²) in [6.45, 7) is -0.907. The number of methoxy groups -OCH3 is 1. The Morgan fingerprint density at radius 2 is 1.88 bits per heavy atom. The highest BCUT2D eigenvalue weighted by atomic mass is 19.3. The Labute approximate surface area is 149 Å². The van der Waals surface area contributed by atoms with Gasteiger partial charge in [0.2, 0.25) is 0 Å². The number of halogens is 2. The molecule has 138 valence electrons. The van der Waals surface area contributed by atoms with Gasteiger partial charge < -0.3 is 19.3 Å². The summed E-state index contributed by atoms with van der Waals surface area (Å²) in [4.78, 5) is 20.8. The number of amides is 1. The molecule has 1 fully saturated rings. The largest absolute Gasteiger partial charge is 0.493 e. The Morgan fingerprint density at radius 3 is 2.50 bits per heavy atom. The Morgan fingerprint density at radius 1 is 1.12 bits per heavy atom. The lowest BCUT2D eigenvalue weighted by Gasteiger charge is -2.35. The second-order valence-electron chi connectivity index (χ2n) is 5.68. The predicted octanol–water partition coefficient (Wildman–Crippen LogP) is 2.65. The minimum Gasteiger partial charge on any atom is -0.493 e. The average Bonchev–Trinajstić information content (AvgIpc) is 2.68. The fourth-order valence-corrected chi connectivity index (χ4v) is 2.91. The first kappa shape index (κ1) is 17.9. The molecule has 1 aromatic carbocycles. The molecular weight excluding hydrogens is 344 g/mol. The van der Waals surface area contributed by atoms with E-state index in [0.717, 1.165) is 5.82 Å². The van der Waals surface area contributed by atoms with Gasteiger partial charge in [0.1, 0.15) is 5.82 Å². The van der Waals surface area contributed by atoms with E-state index in [1.165, 1.54) is 19.2 Å². The molecule has 0 atom stereocenters. The summed E-state index contributed by atoms with van der Waals surface area (Å²) in [5.74, 6) is 0.355. The summed E-state index contributed by atoms with van der Waals surface area (Å²) in [6.07, 6.45) is 1.72. The molecule has 8 heteroatoms. The molecular formula is C18H19F2N3O3. The van der Waals surface area contributed by atoms with Gasteiger partial charge >= 0.3 is 6.61 Å². The van der Waals surface area contributed by atoms with Gasteiger partial charge in [0.25, 0.3) is 5.91 Å². The molecule has 0 radical (unpaired) electrons. The first-order chi connectivity index (χ1) is 12.6. The fourth-order valence-electron chi connectivity index (χ4n) is 2.91. The number of ether oxygens (including phenoxy) is 2. The first-order valence-electron chi connectivity index (χ1n) is 8.17. The van der Waals surface area contributed by atoms with Gasteiger partial charge in [-0.05, 0) is 24.3 Å². The zero-order valence-corrected chi connectivity index (χ0v) is 14.3. The standard InChI is InChI=1S/C18H19F2N3O3/c1-25-14-6-4-5-13(16(14)26-18(19)20)17(24)23-11-9-22(10-12-23)15-7-2-3-8-21-15/h2-8,18H,9-12H2,1H3. The highest BCUT2D eigenvalue weighted by Crippen LogP contribution is 2.33. The summed E-state index contributed by atoms with van der Waals surface area (Å²) >= 11 is 0. The van der Waals surface area contributed by atoms with Crippen LogP contribution in [0.2, 0.25) is 0 Å². The van der Waals surface area contributed by atoms with Crippen LogP contribution in [-0.4, -0.2) is 55.7 Å². The number of anilines is 1. The quantitative estimate of drug-likeness (QED) is 0.818. The fraction of sp³-hybridized carbons (Fsp3) is 0.333. The van der Waals surface area contributed by atoms with Crippen LogP contribution in [-0.2, 0) is 0 Å². The molecule has 0 aliphatic carbocycles. The molecule has 1 amide bonds. The van der Waals surface area contributed by atoms with E-state index in [1.54, 1.807) is 17.2 Å². The molecule has 1 aromatic heterocycles. The van der Waals surface area contributed by atoms with Gasteiger partial charge in [-0.3, -0.25) is 4.79 Å². The van der Waals surface area contributed by atoms with Crippen molar-refractivity contribution in [2.75, 3.05) is 38.2 Å². The lowest BCUT2D eigenvalue weighted by atomic mass is 10.1. The van der Waals surface area contributed by atoms with Gasteiger partial charge in [-0.25, -0.2) is 4.98 Å². The number of aromatic nitrogens is 1. The van der Waals surface area contributed by atoms with Crippen LogP contribution in [0.3, 0.4) is 0 Å². The first-order valence-corrected chi connectivity index (χ1v) is 8.17. The van der Waals surface area contributed by atoms with Crippen molar-refractivity contribution in [1.82, 2.24) is 9.88 Å². The number of carbonyl (C=O) groups is 1. The van der Waals surface area contributed by atoms with Crippen LogP contribution < -0.4 is 14.4 Å². The van der Waals surface area contributed by atoms with Crippen molar-refractivity contribution in [3.05, 3.63) is 48.2 Å². The van der Waals surface area contributed by atoms with Crippen molar-refractivity contribution in [2.24, 2.45) is 0 Å². The predicted molar refractivity (Wildman–Crippen MR) is 92.0 cm³/mol. The van der Waals surface area contributed by atoms with Crippen LogP contribution in [0.1, 0.15) is 10.4 Å². The number of hydrogen-bond acceptors (Lipinski definition) is 5. The third-order valence-corrected chi connectivity index (χ3v) is 4.18. The summed E-state index contributed by atoms with van der Waals surface area (Å²) in [5, 5.41) is 0. The number of benzene rings is 1. The number of pyridine rings is 1. The lowest BCUT2D eigenvalue weighted by Crippen LogP contribution is -2.49. The van der Waals surface area contributed by atoms with Crippen molar-refractivity contribution in [1.29, 1.82) is 0 Å². The van der Waals surface area contributed by atoms with Crippen LogP contribution in [0, 0.1) is 0 Å². The van der Waals surface area contributed by atoms with Gasteiger partial charge in [0.05, 0.1) is 12.7 Å². The summed E-state index contributed by atoms with van der Waals surface area (Å²) in [7, 11) is 1.34. The Balaban J connectivity index is 1.74. The van der Waals surface area contributed by atoms with Crippen molar-refractivity contribution in [3.8, 4) is 11.5 Å². The van der Waals surface area contributed by atoms with E-state index in [1.807, 2.05) is 18.2 Å². The minimum absolute atomic E-state index is 0.0657. The summed E-state index contributed by atoms with van der Waals surface area (Å²) in [5.41, 5.74) is 0.0657. The van der Waals surface area contributed by atoms with Gasteiger partial charge in [-0.1, -0.05) is 12.1 Å². The second-order valence-corrected chi connectivity index (χ2v) is 5.68. The molecule has 26 heavy (non-hydrogen) atoms. The lowest BCUT2D eigenvalue weighted by molar-refractivity contribution is -0.0516. The SMILES string of the molecule is COc1cccc(C(=O)N2CCN(c3ccccn3)CC2)c1OC(F)F. The van der Waals surface area contributed by atoms with Crippen LogP contribution in [0.4, 0.5) is 14.6 Å². The van der Waals surface area contributed by atoms with Gasteiger partial charge in [-0.15, -0.1) is 0 Å². The molecule has 1 aliphatic heterocycles. The topological polar surface area (TPSA) is 54.9 Å². The molecule has 0 bridgehead atoms. The molecule has 6 nitrogen and oxygen atoms in total. The van der Waals surface area contributed by atoms with E-state index in [9.17, 15) is 13.6 Å². The highest BCUT2D eigenvalue weighted by Gasteiger charge is 2.27. The van der Waals surface area contributed by atoms with E-state index < -0.39 is 6.61 Å². The maximum atomic E-state index is 12.8. The van der Waals surface area contributed by atoms with Crippen molar-refractivity contribution in [2.45, 2.75) is 6.61 Å². The number of para-hydroxylation sites is 1. The zero-order chi connectivity index (χ0) is 18.5. The van der Waals surface area contributed by atoms with E-state index >= 15 is 0 Å². The molecule has 2 heterocycles. The summed E-state index contributed by atoms with van der Waals surface area (Å²) in [6, 6.07) is 10.2.